The van der Waals surface area contributed by atoms with E-state index < -0.39 is 5.97 Å². The maximum absolute atomic E-state index is 11.0. The molecule has 0 spiro atoms. The molecule has 3 heteroatoms. The predicted octanol–water partition coefficient (Wildman–Crippen LogP) is 5.51. The molecule has 0 aliphatic heterocycles. The fraction of sp³-hybridized carbons (Fsp3) is 0.958. The SMILES string of the molecule is CC(CCC(=O)O)C1CCC2C3CCC4C[C@H](O)CC[C@]4(C)C3CC[C@]12C. The first-order valence-corrected chi connectivity index (χ1v) is 11.7. The Morgan fingerprint density at radius 2 is 1.70 bits per heavy atom. The summed E-state index contributed by atoms with van der Waals surface area (Å²) in [6.07, 6.45) is 12.4. The van der Waals surface area contributed by atoms with E-state index in [1.165, 1.54) is 44.9 Å². The number of aliphatic carboxylic acids is 1. The van der Waals surface area contributed by atoms with Gasteiger partial charge in [-0.3, -0.25) is 4.79 Å². The molecule has 0 heterocycles. The zero-order valence-electron chi connectivity index (χ0n) is 17.6. The van der Waals surface area contributed by atoms with Crippen molar-refractivity contribution in [2.24, 2.45) is 46.3 Å². The Kier molecular flexibility index (Phi) is 5.15. The van der Waals surface area contributed by atoms with E-state index in [-0.39, 0.29) is 6.10 Å². The first-order valence-electron chi connectivity index (χ1n) is 11.7. The lowest BCUT2D eigenvalue weighted by molar-refractivity contribution is -0.138. The number of aliphatic hydroxyl groups is 1. The summed E-state index contributed by atoms with van der Waals surface area (Å²) in [7, 11) is 0. The van der Waals surface area contributed by atoms with Crippen molar-refractivity contribution in [2.45, 2.75) is 97.5 Å². The third-order valence-corrected chi connectivity index (χ3v) is 10.2. The number of aliphatic hydroxyl groups excluding tert-OH is 1. The molecule has 6 unspecified atom stereocenters. The van der Waals surface area contributed by atoms with Crippen molar-refractivity contribution < 1.29 is 15.0 Å². The van der Waals surface area contributed by atoms with Gasteiger partial charge in [-0.05, 0) is 111 Å². The number of rotatable bonds is 4. The number of hydrogen-bond acceptors (Lipinski definition) is 2. The van der Waals surface area contributed by atoms with Gasteiger partial charge in [0.2, 0.25) is 0 Å². The molecule has 2 N–H and O–H groups in total. The molecule has 27 heavy (non-hydrogen) atoms. The molecule has 4 saturated carbocycles. The van der Waals surface area contributed by atoms with Crippen LogP contribution in [0.3, 0.4) is 0 Å². The monoisotopic (exact) mass is 376 g/mol. The van der Waals surface area contributed by atoms with Crippen LogP contribution < -0.4 is 0 Å². The number of fused-ring (bicyclic) bond motifs is 5. The van der Waals surface area contributed by atoms with Gasteiger partial charge in [0.1, 0.15) is 0 Å². The fourth-order valence-electron chi connectivity index (χ4n) is 8.76. The maximum Gasteiger partial charge on any atom is 0.303 e. The minimum atomic E-state index is -0.643. The average Bonchev–Trinajstić information content (AvgIpc) is 2.97. The van der Waals surface area contributed by atoms with Gasteiger partial charge in [0, 0.05) is 6.42 Å². The highest BCUT2D eigenvalue weighted by Crippen LogP contribution is 2.68. The molecule has 154 valence electrons. The molecule has 0 amide bonds. The summed E-state index contributed by atoms with van der Waals surface area (Å²) in [5.41, 5.74) is 0.882. The van der Waals surface area contributed by atoms with Crippen molar-refractivity contribution in [2.75, 3.05) is 0 Å². The van der Waals surface area contributed by atoms with Gasteiger partial charge in [-0.2, -0.15) is 0 Å². The third kappa shape index (κ3) is 3.16. The van der Waals surface area contributed by atoms with Gasteiger partial charge in [-0.1, -0.05) is 20.8 Å². The van der Waals surface area contributed by atoms with Crippen LogP contribution in [0.1, 0.15) is 91.4 Å². The fourth-order valence-corrected chi connectivity index (χ4v) is 8.76. The smallest absolute Gasteiger partial charge is 0.303 e. The number of carboxylic acid groups (broad SMARTS) is 1. The summed E-state index contributed by atoms with van der Waals surface area (Å²) in [5.74, 6) is 3.91. The first kappa shape index (κ1) is 19.7. The van der Waals surface area contributed by atoms with Crippen molar-refractivity contribution in [3.05, 3.63) is 0 Å². The van der Waals surface area contributed by atoms with Crippen molar-refractivity contribution in [1.82, 2.24) is 0 Å². The van der Waals surface area contributed by atoms with Crippen molar-refractivity contribution >= 4 is 5.97 Å². The Morgan fingerprint density at radius 3 is 2.44 bits per heavy atom. The van der Waals surface area contributed by atoms with Gasteiger partial charge < -0.3 is 10.2 Å². The molecule has 0 radical (unpaired) electrons. The topological polar surface area (TPSA) is 57.5 Å². The Morgan fingerprint density at radius 1 is 1.00 bits per heavy atom. The number of carboxylic acids is 1. The molecule has 4 rings (SSSR count). The van der Waals surface area contributed by atoms with Crippen LogP contribution in [0.25, 0.3) is 0 Å². The lowest BCUT2D eigenvalue weighted by atomic mass is 9.44. The highest BCUT2D eigenvalue weighted by Gasteiger charge is 2.60. The molecule has 0 aromatic carbocycles. The molecule has 4 aliphatic carbocycles. The Labute approximate surface area is 165 Å². The van der Waals surface area contributed by atoms with Crippen LogP contribution in [0.15, 0.2) is 0 Å². The molecular weight excluding hydrogens is 336 g/mol. The second-order valence-corrected chi connectivity index (χ2v) is 11.2. The van der Waals surface area contributed by atoms with Crippen LogP contribution in [0.2, 0.25) is 0 Å². The van der Waals surface area contributed by atoms with Crippen molar-refractivity contribution in [1.29, 1.82) is 0 Å². The van der Waals surface area contributed by atoms with E-state index in [1.54, 1.807) is 0 Å². The van der Waals surface area contributed by atoms with E-state index in [4.69, 9.17) is 5.11 Å². The summed E-state index contributed by atoms with van der Waals surface area (Å²) in [6, 6.07) is 0. The average molecular weight is 377 g/mol. The van der Waals surface area contributed by atoms with E-state index >= 15 is 0 Å². The number of carbonyl (C=O) groups is 1. The Bertz CT molecular complexity index is 574. The minimum Gasteiger partial charge on any atom is -0.481 e. The van der Waals surface area contributed by atoms with Gasteiger partial charge in [-0.15, -0.1) is 0 Å². The highest BCUT2D eigenvalue weighted by molar-refractivity contribution is 5.66. The largest absolute Gasteiger partial charge is 0.481 e. The first-order chi connectivity index (χ1) is 12.8. The van der Waals surface area contributed by atoms with Crippen LogP contribution in [-0.4, -0.2) is 22.3 Å². The summed E-state index contributed by atoms with van der Waals surface area (Å²) >= 11 is 0. The zero-order chi connectivity index (χ0) is 19.4. The van der Waals surface area contributed by atoms with Gasteiger partial charge in [0.05, 0.1) is 6.10 Å². The predicted molar refractivity (Wildman–Crippen MR) is 107 cm³/mol. The Balaban J connectivity index is 1.51. The summed E-state index contributed by atoms with van der Waals surface area (Å²) < 4.78 is 0. The normalized spacial score (nSPS) is 50.4. The van der Waals surface area contributed by atoms with Gasteiger partial charge >= 0.3 is 5.97 Å². The van der Waals surface area contributed by atoms with Crippen LogP contribution in [-0.2, 0) is 4.79 Å². The lowest BCUT2D eigenvalue weighted by Crippen LogP contribution is -2.54. The second kappa shape index (κ2) is 7.04. The number of hydrogen-bond donors (Lipinski definition) is 2. The van der Waals surface area contributed by atoms with E-state index in [0.29, 0.717) is 29.1 Å². The summed E-state index contributed by atoms with van der Waals surface area (Å²) in [6.45, 7) is 7.43. The minimum absolute atomic E-state index is 0.0561. The van der Waals surface area contributed by atoms with Crippen LogP contribution in [0.4, 0.5) is 0 Å². The van der Waals surface area contributed by atoms with Gasteiger partial charge in [-0.25, -0.2) is 0 Å². The molecule has 0 bridgehead atoms. The maximum atomic E-state index is 11.0. The van der Waals surface area contributed by atoms with E-state index in [9.17, 15) is 9.90 Å². The lowest BCUT2D eigenvalue weighted by Gasteiger charge is -2.61. The zero-order valence-corrected chi connectivity index (χ0v) is 17.6. The molecular formula is C24H40O3. The van der Waals surface area contributed by atoms with Crippen LogP contribution in [0.5, 0.6) is 0 Å². The molecule has 0 aromatic rings. The molecule has 4 aliphatic rings. The Hall–Kier alpha value is -0.570. The van der Waals surface area contributed by atoms with Crippen LogP contribution in [0, 0.1) is 46.3 Å². The van der Waals surface area contributed by atoms with Crippen molar-refractivity contribution in [3.8, 4) is 0 Å². The van der Waals surface area contributed by atoms with Crippen LogP contribution >= 0.6 is 0 Å². The van der Waals surface area contributed by atoms with Gasteiger partial charge in [0.25, 0.3) is 0 Å². The molecule has 0 saturated heterocycles. The molecule has 0 aromatic heterocycles. The second-order valence-electron chi connectivity index (χ2n) is 11.2. The quantitative estimate of drug-likeness (QED) is 0.680. The summed E-state index contributed by atoms with van der Waals surface area (Å²) in [4.78, 5) is 11.0. The molecule has 4 fully saturated rings. The summed E-state index contributed by atoms with van der Waals surface area (Å²) in [5, 5.41) is 19.3. The standard InChI is InChI=1S/C24H40O3/c1-15(4-9-22(26)27)19-7-8-20-18-6-5-16-14-17(25)10-12-23(16,2)21(18)11-13-24(19,20)3/h15-21,25H,4-14H2,1-3H3,(H,26,27)/t15?,16?,17-,18?,19?,20?,21?,23+,24-/m1/s1. The van der Waals surface area contributed by atoms with Gasteiger partial charge in [0.15, 0.2) is 0 Å². The van der Waals surface area contributed by atoms with E-state index in [0.717, 1.165) is 42.9 Å². The third-order valence-electron chi connectivity index (χ3n) is 10.2. The molecule has 9 atom stereocenters. The molecule has 3 nitrogen and oxygen atoms in total. The highest BCUT2D eigenvalue weighted by atomic mass is 16.4. The van der Waals surface area contributed by atoms with E-state index in [1.807, 2.05) is 0 Å². The van der Waals surface area contributed by atoms with Crippen molar-refractivity contribution in [3.63, 3.8) is 0 Å². The van der Waals surface area contributed by atoms with E-state index in [2.05, 4.69) is 20.8 Å².